The summed E-state index contributed by atoms with van der Waals surface area (Å²) in [6.07, 6.45) is 4.22. The van der Waals surface area contributed by atoms with Gasteiger partial charge in [-0.25, -0.2) is 4.98 Å². The fourth-order valence-electron chi connectivity index (χ4n) is 1.89. The van der Waals surface area contributed by atoms with Crippen molar-refractivity contribution in [3.63, 3.8) is 0 Å². The molecule has 0 N–H and O–H groups in total. The van der Waals surface area contributed by atoms with Gasteiger partial charge in [0.25, 0.3) is 0 Å². The minimum atomic E-state index is -0.764. The van der Waals surface area contributed by atoms with Crippen molar-refractivity contribution >= 4 is 33.4 Å². The van der Waals surface area contributed by atoms with E-state index in [2.05, 4.69) is 14.5 Å². The van der Waals surface area contributed by atoms with Crippen molar-refractivity contribution in [2.24, 2.45) is 0 Å². The number of fused-ring (bicyclic) bond motifs is 1. The van der Waals surface area contributed by atoms with Gasteiger partial charge in [-0.05, 0) is 6.07 Å². The highest BCUT2D eigenvalue weighted by atomic mass is 35.5. The van der Waals surface area contributed by atoms with Gasteiger partial charge in [0.1, 0.15) is 11.3 Å². The number of rotatable bonds is 6. The molecule has 6 heteroatoms. The van der Waals surface area contributed by atoms with E-state index in [-0.39, 0.29) is 0 Å². The molecule has 0 spiro atoms. The minimum Gasteiger partial charge on any atom is -0.327 e. The molecule has 0 aliphatic rings. The Labute approximate surface area is 114 Å². The van der Waals surface area contributed by atoms with Gasteiger partial charge < -0.3 is 4.57 Å². The molecule has 0 aromatic carbocycles. The number of pyridine rings is 1. The molecule has 0 amide bonds. The van der Waals surface area contributed by atoms with Crippen LogP contribution in [0.5, 0.6) is 0 Å². The lowest BCUT2D eigenvalue weighted by atomic mass is 10.4. The van der Waals surface area contributed by atoms with Crippen molar-refractivity contribution in [1.29, 1.82) is 0 Å². The van der Waals surface area contributed by atoms with Gasteiger partial charge in [-0.2, -0.15) is 0 Å². The molecule has 2 aromatic rings. The third-order valence-corrected chi connectivity index (χ3v) is 4.28. The monoisotopic (exact) mass is 285 g/mol. The maximum Gasteiger partial charge on any atom is 0.111 e. The van der Waals surface area contributed by atoms with E-state index in [1.165, 1.54) is 0 Å². The first-order chi connectivity index (χ1) is 8.76. The molecule has 98 valence electrons. The molecule has 0 saturated heterocycles. The second-order valence-electron chi connectivity index (χ2n) is 3.92. The van der Waals surface area contributed by atoms with Crippen LogP contribution in [0.25, 0.3) is 11.0 Å². The van der Waals surface area contributed by atoms with E-state index in [1.54, 1.807) is 12.4 Å². The number of hydrogen-bond donors (Lipinski definition) is 0. The Balaban J connectivity index is 2.32. The zero-order chi connectivity index (χ0) is 13.0. The Bertz CT molecular complexity index is 555. The van der Waals surface area contributed by atoms with E-state index < -0.39 is 10.8 Å². The number of alkyl halides is 1. The van der Waals surface area contributed by atoms with E-state index in [0.29, 0.717) is 23.9 Å². The Morgan fingerprint density at radius 3 is 3.06 bits per heavy atom. The van der Waals surface area contributed by atoms with Gasteiger partial charge in [0.05, 0.1) is 11.7 Å². The highest BCUT2D eigenvalue weighted by Gasteiger charge is 2.10. The summed E-state index contributed by atoms with van der Waals surface area (Å²) in [4.78, 5) is 8.59. The second kappa shape index (κ2) is 6.29. The maximum absolute atomic E-state index is 11.6. The van der Waals surface area contributed by atoms with Crippen LogP contribution in [-0.4, -0.2) is 36.1 Å². The summed E-state index contributed by atoms with van der Waals surface area (Å²) in [6.45, 7) is 2.65. The third kappa shape index (κ3) is 2.90. The SMILES string of the molecule is CCS(=O)CCn1c(CCCl)nc2cnccc21. The molecule has 2 heterocycles. The molecule has 0 aliphatic carbocycles. The first-order valence-corrected chi connectivity index (χ1v) is 7.98. The smallest absolute Gasteiger partial charge is 0.111 e. The summed E-state index contributed by atoms with van der Waals surface area (Å²) in [6, 6.07) is 1.94. The van der Waals surface area contributed by atoms with Crippen molar-refractivity contribution in [3.8, 4) is 0 Å². The highest BCUT2D eigenvalue weighted by molar-refractivity contribution is 7.84. The van der Waals surface area contributed by atoms with Gasteiger partial charge in [-0.15, -0.1) is 11.6 Å². The number of halogens is 1. The van der Waals surface area contributed by atoms with Crippen LogP contribution < -0.4 is 0 Å². The summed E-state index contributed by atoms with van der Waals surface area (Å²) in [5.74, 6) is 2.83. The van der Waals surface area contributed by atoms with Crippen molar-refractivity contribution in [2.45, 2.75) is 19.9 Å². The summed E-state index contributed by atoms with van der Waals surface area (Å²) < 4.78 is 13.7. The van der Waals surface area contributed by atoms with Crippen LogP contribution in [0.15, 0.2) is 18.5 Å². The first kappa shape index (κ1) is 13.5. The number of aryl methyl sites for hydroxylation is 2. The zero-order valence-corrected chi connectivity index (χ0v) is 11.9. The molecule has 4 nitrogen and oxygen atoms in total. The van der Waals surface area contributed by atoms with E-state index >= 15 is 0 Å². The largest absolute Gasteiger partial charge is 0.327 e. The molecule has 0 saturated carbocycles. The predicted octanol–water partition coefficient (Wildman–Crippen LogP) is 1.98. The molecule has 2 aromatic heterocycles. The number of nitrogens with zero attached hydrogens (tertiary/aromatic N) is 3. The van der Waals surface area contributed by atoms with E-state index in [0.717, 1.165) is 23.3 Å². The van der Waals surface area contributed by atoms with Crippen LogP contribution >= 0.6 is 11.6 Å². The molecule has 1 unspecified atom stereocenters. The van der Waals surface area contributed by atoms with E-state index in [1.807, 2.05) is 13.0 Å². The summed E-state index contributed by atoms with van der Waals surface area (Å²) in [7, 11) is -0.764. The average Bonchev–Trinajstić information content (AvgIpc) is 2.74. The van der Waals surface area contributed by atoms with Crippen molar-refractivity contribution in [1.82, 2.24) is 14.5 Å². The Kier molecular flexibility index (Phi) is 4.72. The van der Waals surface area contributed by atoms with Crippen LogP contribution in [0.2, 0.25) is 0 Å². The van der Waals surface area contributed by atoms with Crippen LogP contribution in [0.3, 0.4) is 0 Å². The molecule has 18 heavy (non-hydrogen) atoms. The second-order valence-corrected chi connectivity index (χ2v) is 6.16. The van der Waals surface area contributed by atoms with Crippen molar-refractivity contribution in [3.05, 3.63) is 24.3 Å². The van der Waals surface area contributed by atoms with Gasteiger partial charge in [-0.3, -0.25) is 9.19 Å². The van der Waals surface area contributed by atoms with E-state index in [4.69, 9.17) is 11.6 Å². The van der Waals surface area contributed by atoms with E-state index in [9.17, 15) is 4.21 Å². The van der Waals surface area contributed by atoms with Crippen LogP contribution in [0.1, 0.15) is 12.7 Å². The van der Waals surface area contributed by atoms with Crippen LogP contribution in [-0.2, 0) is 23.8 Å². The molecule has 2 rings (SSSR count). The topological polar surface area (TPSA) is 47.8 Å². The van der Waals surface area contributed by atoms with Gasteiger partial charge in [-0.1, -0.05) is 6.92 Å². The molecule has 0 fully saturated rings. The average molecular weight is 286 g/mol. The van der Waals surface area contributed by atoms with Gasteiger partial charge in [0.2, 0.25) is 0 Å². The number of imidazole rings is 1. The summed E-state index contributed by atoms with van der Waals surface area (Å²) in [5.41, 5.74) is 1.91. The van der Waals surface area contributed by atoms with Gasteiger partial charge >= 0.3 is 0 Å². The summed E-state index contributed by atoms with van der Waals surface area (Å²) >= 11 is 5.80. The zero-order valence-electron chi connectivity index (χ0n) is 10.3. The fraction of sp³-hybridized carbons (Fsp3) is 0.500. The number of hydrogen-bond acceptors (Lipinski definition) is 3. The van der Waals surface area contributed by atoms with Crippen LogP contribution in [0, 0.1) is 0 Å². The summed E-state index contributed by atoms with van der Waals surface area (Å²) in [5, 5.41) is 0. The van der Waals surface area contributed by atoms with Crippen molar-refractivity contribution in [2.75, 3.05) is 17.4 Å². The molecular weight excluding hydrogens is 270 g/mol. The maximum atomic E-state index is 11.6. The molecule has 1 atom stereocenters. The Morgan fingerprint density at radius 1 is 1.50 bits per heavy atom. The lowest BCUT2D eigenvalue weighted by molar-refractivity contribution is 0.671. The molecular formula is C12H16ClN3OS. The Hall–Kier alpha value is -0.940. The first-order valence-electron chi connectivity index (χ1n) is 5.96. The van der Waals surface area contributed by atoms with Gasteiger partial charge in [0.15, 0.2) is 0 Å². The lowest BCUT2D eigenvalue weighted by Gasteiger charge is -2.07. The molecule has 0 bridgehead atoms. The van der Waals surface area contributed by atoms with Crippen molar-refractivity contribution < 1.29 is 4.21 Å². The lowest BCUT2D eigenvalue weighted by Crippen LogP contribution is -2.12. The minimum absolute atomic E-state index is 0.535. The van der Waals surface area contributed by atoms with Gasteiger partial charge in [0, 0.05) is 47.3 Å². The molecule has 0 aliphatic heterocycles. The third-order valence-electron chi connectivity index (χ3n) is 2.81. The number of aromatic nitrogens is 3. The Morgan fingerprint density at radius 2 is 2.33 bits per heavy atom. The standard InChI is InChI=1S/C12H16ClN3OS/c1-2-18(17)8-7-16-11-4-6-14-9-10(11)15-12(16)3-5-13/h4,6,9H,2-3,5,7-8H2,1H3. The molecule has 0 radical (unpaired) electrons. The quantitative estimate of drug-likeness (QED) is 0.763. The van der Waals surface area contributed by atoms with Crippen LogP contribution in [0.4, 0.5) is 0 Å². The fourth-order valence-corrected chi connectivity index (χ4v) is 2.74. The highest BCUT2D eigenvalue weighted by Crippen LogP contribution is 2.15. The predicted molar refractivity (Wildman–Crippen MR) is 75.5 cm³/mol. The normalized spacial score (nSPS) is 13.0.